The molecule has 1 saturated carbocycles. The van der Waals surface area contributed by atoms with Gasteiger partial charge >= 0.3 is 0 Å². The molecule has 0 unspecified atom stereocenters. The molecule has 1 N–H and O–H groups in total. The van der Waals surface area contributed by atoms with E-state index in [0.29, 0.717) is 19.3 Å². The molecular weight excluding hydrogens is 217 g/mol. The summed E-state index contributed by atoms with van der Waals surface area (Å²) in [6.45, 7) is 2.97. The van der Waals surface area contributed by atoms with Crippen LogP contribution >= 0.6 is 6.64 Å². The standard InChI is InChI=1S/C9H20NO2PS/c1-3-11-13(14,12-4-2)10-9-7-5-6-8-9/h9H,3-8H2,1-2H3,(H,10,14). The number of hydrogen-bond acceptors (Lipinski definition) is 3. The van der Waals surface area contributed by atoms with Crippen LogP contribution in [0.3, 0.4) is 0 Å². The van der Waals surface area contributed by atoms with Crippen LogP contribution in [0.4, 0.5) is 0 Å². The summed E-state index contributed by atoms with van der Waals surface area (Å²) in [5, 5.41) is 3.38. The van der Waals surface area contributed by atoms with E-state index in [1.54, 1.807) is 0 Å². The van der Waals surface area contributed by atoms with Crippen molar-refractivity contribution >= 4 is 18.4 Å². The second kappa shape index (κ2) is 6.19. The third-order valence-electron chi connectivity index (χ3n) is 2.29. The molecule has 84 valence electrons. The van der Waals surface area contributed by atoms with Gasteiger partial charge in [-0.15, -0.1) is 0 Å². The minimum atomic E-state index is -2.19. The summed E-state index contributed by atoms with van der Waals surface area (Å²) in [6, 6.07) is 0.513. The second-order valence-corrected chi connectivity index (χ2v) is 6.66. The molecule has 14 heavy (non-hydrogen) atoms. The number of nitrogens with one attached hydrogen (secondary N) is 1. The lowest BCUT2D eigenvalue weighted by Gasteiger charge is -2.25. The summed E-state index contributed by atoms with van der Waals surface area (Å²) in [4.78, 5) is 0. The Kier molecular flexibility index (Phi) is 5.57. The van der Waals surface area contributed by atoms with Gasteiger partial charge in [0.25, 0.3) is 6.64 Å². The van der Waals surface area contributed by atoms with E-state index in [9.17, 15) is 0 Å². The van der Waals surface area contributed by atoms with Gasteiger partial charge in [0.05, 0.1) is 13.2 Å². The highest BCUT2D eigenvalue weighted by molar-refractivity contribution is 8.09. The fourth-order valence-corrected chi connectivity index (χ4v) is 4.42. The first-order valence-corrected chi connectivity index (χ1v) is 8.01. The summed E-state index contributed by atoms with van der Waals surface area (Å²) < 4.78 is 11.0. The lowest BCUT2D eigenvalue weighted by Crippen LogP contribution is -2.25. The maximum atomic E-state index is 5.52. The zero-order chi connectivity index (χ0) is 10.4. The second-order valence-electron chi connectivity index (χ2n) is 3.44. The molecule has 0 saturated heterocycles. The average molecular weight is 237 g/mol. The zero-order valence-electron chi connectivity index (χ0n) is 8.99. The molecule has 1 aliphatic rings. The van der Waals surface area contributed by atoms with E-state index in [1.807, 2.05) is 13.8 Å². The summed E-state index contributed by atoms with van der Waals surface area (Å²) in [5.74, 6) is 0. The highest BCUT2D eigenvalue weighted by Gasteiger charge is 2.24. The summed E-state index contributed by atoms with van der Waals surface area (Å²) in [6.07, 6.45) is 5.01. The van der Waals surface area contributed by atoms with Crippen molar-refractivity contribution in [2.24, 2.45) is 0 Å². The van der Waals surface area contributed by atoms with Crippen LogP contribution in [0.5, 0.6) is 0 Å². The maximum absolute atomic E-state index is 5.52. The molecule has 1 fully saturated rings. The Labute approximate surface area is 91.8 Å². The van der Waals surface area contributed by atoms with E-state index >= 15 is 0 Å². The summed E-state index contributed by atoms with van der Waals surface area (Å²) in [7, 11) is 0. The van der Waals surface area contributed by atoms with Gasteiger partial charge in [0.1, 0.15) is 0 Å². The predicted molar refractivity (Wildman–Crippen MR) is 62.9 cm³/mol. The third kappa shape index (κ3) is 3.95. The Hall–Kier alpha value is 0.530. The number of rotatable bonds is 6. The van der Waals surface area contributed by atoms with Gasteiger partial charge in [-0.1, -0.05) is 12.8 Å². The van der Waals surface area contributed by atoms with Crippen LogP contribution in [0.15, 0.2) is 0 Å². The van der Waals surface area contributed by atoms with E-state index < -0.39 is 6.64 Å². The molecule has 5 heteroatoms. The van der Waals surface area contributed by atoms with Crippen LogP contribution in [-0.4, -0.2) is 19.3 Å². The van der Waals surface area contributed by atoms with Crippen molar-refractivity contribution in [3.05, 3.63) is 0 Å². The Bertz CT molecular complexity index is 197. The molecule has 0 heterocycles. The molecule has 0 spiro atoms. The molecular formula is C9H20NO2PS. The molecule has 0 aromatic rings. The quantitative estimate of drug-likeness (QED) is 0.720. The van der Waals surface area contributed by atoms with Crippen molar-refractivity contribution in [3.63, 3.8) is 0 Å². The van der Waals surface area contributed by atoms with Crippen LogP contribution in [-0.2, 0) is 20.9 Å². The summed E-state index contributed by atoms with van der Waals surface area (Å²) in [5.41, 5.74) is 0. The Morgan fingerprint density at radius 2 is 1.71 bits per heavy atom. The lowest BCUT2D eigenvalue weighted by atomic mass is 10.3. The first kappa shape index (κ1) is 12.6. The van der Waals surface area contributed by atoms with Crippen LogP contribution in [0.1, 0.15) is 39.5 Å². The van der Waals surface area contributed by atoms with Gasteiger partial charge < -0.3 is 9.05 Å². The van der Waals surface area contributed by atoms with E-state index in [-0.39, 0.29) is 0 Å². The maximum Gasteiger partial charge on any atom is 0.261 e. The molecule has 1 aliphatic carbocycles. The van der Waals surface area contributed by atoms with Crippen molar-refractivity contribution in [2.75, 3.05) is 13.2 Å². The van der Waals surface area contributed by atoms with E-state index in [1.165, 1.54) is 25.7 Å². The van der Waals surface area contributed by atoms with E-state index in [4.69, 9.17) is 20.9 Å². The van der Waals surface area contributed by atoms with Crippen molar-refractivity contribution < 1.29 is 9.05 Å². The zero-order valence-corrected chi connectivity index (χ0v) is 10.7. The molecule has 0 bridgehead atoms. The monoisotopic (exact) mass is 237 g/mol. The fraction of sp³-hybridized carbons (Fsp3) is 1.00. The minimum Gasteiger partial charge on any atom is -0.318 e. The molecule has 3 nitrogen and oxygen atoms in total. The molecule has 1 rings (SSSR count). The van der Waals surface area contributed by atoms with Gasteiger partial charge in [0, 0.05) is 6.04 Å². The van der Waals surface area contributed by atoms with Gasteiger partial charge in [-0.3, -0.25) is 0 Å². The van der Waals surface area contributed by atoms with Crippen LogP contribution < -0.4 is 5.09 Å². The minimum absolute atomic E-state index is 0.513. The molecule has 0 aromatic heterocycles. The predicted octanol–water partition coefficient (Wildman–Crippen LogP) is 2.82. The van der Waals surface area contributed by atoms with Crippen molar-refractivity contribution in [1.29, 1.82) is 0 Å². The smallest absolute Gasteiger partial charge is 0.261 e. The average Bonchev–Trinajstić information content (AvgIpc) is 2.57. The SMILES string of the molecule is CCOP(=S)(NC1CCCC1)OCC. The first-order chi connectivity index (χ1) is 6.70. The largest absolute Gasteiger partial charge is 0.318 e. The highest BCUT2D eigenvalue weighted by Crippen LogP contribution is 2.45. The Morgan fingerprint density at radius 3 is 2.14 bits per heavy atom. The molecule has 0 aromatic carbocycles. The third-order valence-corrected chi connectivity index (χ3v) is 5.12. The molecule has 0 amide bonds. The van der Waals surface area contributed by atoms with Crippen LogP contribution in [0, 0.1) is 0 Å². The summed E-state index contributed by atoms with van der Waals surface area (Å²) >= 11 is 5.39. The van der Waals surface area contributed by atoms with E-state index in [0.717, 1.165) is 0 Å². The van der Waals surface area contributed by atoms with Gasteiger partial charge in [0.15, 0.2) is 0 Å². The van der Waals surface area contributed by atoms with Gasteiger partial charge in [0.2, 0.25) is 0 Å². The first-order valence-electron chi connectivity index (χ1n) is 5.37. The fourth-order valence-electron chi connectivity index (χ4n) is 1.73. The normalized spacial score (nSPS) is 19.0. The Morgan fingerprint density at radius 1 is 1.21 bits per heavy atom. The molecule has 0 atom stereocenters. The molecule has 0 aliphatic heterocycles. The lowest BCUT2D eigenvalue weighted by molar-refractivity contribution is 0.254. The van der Waals surface area contributed by atoms with Crippen molar-refractivity contribution in [3.8, 4) is 0 Å². The number of hydrogen-bond donors (Lipinski definition) is 1. The van der Waals surface area contributed by atoms with Crippen LogP contribution in [0.25, 0.3) is 0 Å². The highest BCUT2D eigenvalue weighted by atomic mass is 32.5. The molecule has 0 radical (unpaired) electrons. The topological polar surface area (TPSA) is 30.5 Å². The van der Waals surface area contributed by atoms with Gasteiger partial charge in [-0.25, -0.2) is 5.09 Å². The van der Waals surface area contributed by atoms with Crippen molar-refractivity contribution in [1.82, 2.24) is 5.09 Å². The van der Waals surface area contributed by atoms with Crippen molar-refractivity contribution in [2.45, 2.75) is 45.6 Å². The Balaban J connectivity index is 2.44. The van der Waals surface area contributed by atoms with Crippen LogP contribution in [0.2, 0.25) is 0 Å². The van der Waals surface area contributed by atoms with E-state index in [2.05, 4.69) is 5.09 Å². The van der Waals surface area contributed by atoms with Gasteiger partial charge in [-0.05, 0) is 38.5 Å². The van der Waals surface area contributed by atoms with Gasteiger partial charge in [-0.2, -0.15) is 0 Å².